The molecule has 0 spiro atoms. The number of hydrogen-bond donors (Lipinski definition) is 1. The van der Waals surface area contributed by atoms with Gasteiger partial charge in [-0.15, -0.1) is 0 Å². The molecule has 0 saturated heterocycles. The lowest BCUT2D eigenvalue weighted by Crippen LogP contribution is -2.22. The fraction of sp³-hybridized carbons (Fsp3) is 0.148. The first-order valence-corrected chi connectivity index (χ1v) is 11.4. The molecule has 1 N–H and O–H groups in total. The Balaban J connectivity index is 1.55. The van der Waals surface area contributed by atoms with Gasteiger partial charge in [0.25, 0.3) is 5.89 Å². The van der Waals surface area contributed by atoms with Crippen molar-refractivity contribution < 1.29 is 18.4 Å². The van der Waals surface area contributed by atoms with E-state index in [1.807, 2.05) is 13.0 Å². The second kappa shape index (κ2) is 9.65. The second-order valence-corrected chi connectivity index (χ2v) is 8.51. The topological polar surface area (TPSA) is 112 Å². The van der Waals surface area contributed by atoms with Gasteiger partial charge in [-0.1, -0.05) is 23.4 Å². The van der Waals surface area contributed by atoms with Crippen LogP contribution in [0.3, 0.4) is 0 Å². The van der Waals surface area contributed by atoms with Gasteiger partial charge in [-0.25, -0.2) is 9.37 Å². The number of benzene rings is 2. The highest BCUT2D eigenvalue weighted by atomic mass is 19.1. The molecule has 3 heterocycles. The van der Waals surface area contributed by atoms with Crippen LogP contribution in [0.25, 0.3) is 33.9 Å². The molecule has 0 aliphatic carbocycles. The SMILES string of the molecule is COc1ccc(C)cc1NC(=O)Cn1cc(-c2nc(-c3cccc(F)c3)no2)c(=O)c2ccc(C)nc21. The largest absolute Gasteiger partial charge is 0.495 e. The van der Waals surface area contributed by atoms with Gasteiger partial charge in [0.2, 0.25) is 17.2 Å². The summed E-state index contributed by atoms with van der Waals surface area (Å²) in [5.74, 6) is -0.203. The first kappa shape index (κ1) is 23.9. The van der Waals surface area contributed by atoms with Crippen LogP contribution in [0.5, 0.6) is 5.75 Å². The van der Waals surface area contributed by atoms with E-state index in [0.717, 1.165) is 5.56 Å². The second-order valence-electron chi connectivity index (χ2n) is 8.51. The fourth-order valence-corrected chi connectivity index (χ4v) is 3.97. The molecule has 3 aromatic heterocycles. The van der Waals surface area contributed by atoms with Crippen molar-refractivity contribution in [1.82, 2.24) is 19.7 Å². The molecule has 10 heteroatoms. The molecule has 0 saturated carbocycles. The number of nitrogens with one attached hydrogen (secondary N) is 1. The molecule has 37 heavy (non-hydrogen) atoms. The third kappa shape index (κ3) is 4.81. The summed E-state index contributed by atoms with van der Waals surface area (Å²) in [6.45, 7) is 3.55. The highest BCUT2D eigenvalue weighted by Crippen LogP contribution is 2.26. The van der Waals surface area contributed by atoms with E-state index in [2.05, 4.69) is 20.4 Å². The highest BCUT2D eigenvalue weighted by molar-refractivity contribution is 5.93. The van der Waals surface area contributed by atoms with Crippen LogP contribution in [0, 0.1) is 19.7 Å². The van der Waals surface area contributed by atoms with E-state index in [4.69, 9.17) is 9.26 Å². The number of halogens is 1. The number of amides is 1. The van der Waals surface area contributed by atoms with Crippen LogP contribution >= 0.6 is 0 Å². The quantitative estimate of drug-likeness (QED) is 0.366. The zero-order chi connectivity index (χ0) is 26.1. The molecule has 0 fully saturated rings. The number of carbonyl (C=O) groups excluding carboxylic acids is 1. The Morgan fingerprint density at radius 1 is 1.11 bits per heavy atom. The van der Waals surface area contributed by atoms with E-state index in [0.29, 0.717) is 28.3 Å². The predicted molar refractivity (Wildman–Crippen MR) is 136 cm³/mol. The Morgan fingerprint density at radius 2 is 1.95 bits per heavy atom. The average Bonchev–Trinajstić information content (AvgIpc) is 3.36. The highest BCUT2D eigenvalue weighted by Gasteiger charge is 2.20. The smallest absolute Gasteiger partial charge is 0.263 e. The van der Waals surface area contributed by atoms with Crippen molar-refractivity contribution in [3.8, 4) is 28.6 Å². The van der Waals surface area contributed by atoms with Crippen molar-refractivity contribution in [3.05, 3.63) is 88.1 Å². The van der Waals surface area contributed by atoms with Gasteiger partial charge < -0.3 is 19.1 Å². The Morgan fingerprint density at radius 3 is 2.73 bits per heavy atom. The summed E-state index contributed by atoms with van der Waals surface area (Å²) >= 11 is 0. The van der Waals surface area contributed by atoms with E-state index in [-0.39, 0.29) is 40.5 Å². The van der Waals surface area contributed by atoms with E-state index in [9.17, 15) is 14.0 Å². The molecule has 0 unspecified atom stereocenters. The van der Waals surface area contributed by atoms with Crippen molar-refractivity contribution >= 4 is 22.6 Å². The van der Waals surface area contributed by atoms with E-state index >= 15 is 0 Å². The minimum atomic E-state index is -0.449. The predicted octanol–water partition coefficient (Wildman–Crippen LogP) is 4.52. The molecule has 0 aliphatic heterocycles. The van der Waals surface area contributed by atoms with Gasteiger partial charge in [-0.2, -0.15) is 4.98 Å². The number of carbonyl (C=O) groups is 1. The van der Waals surface area contributed by atoms with E-state index in [1.54, 1.807) is 41.8 Å². The summed E-state index contributed by atoms with van der Waals surface area (Å²) in [4.78, 5) is 35.2. The summed E-state index contributed by atoms with van der Waals surface area (Å²) < 4.78 is 25.9. The lowest BCUT2D eigenvalue weighted by molar-refractivity contribution is -0.116. The summed E-state index contributed by atoms with van der Waals surface area (Å²) in [6, 6.07) is 14.5. The average molecular weight is 500 g/mol. The summed E-state index contributed by atoms with van der Waals surface area (Å²) in [5, 5.41) is 7.05. The van der Waals surface area contributed by atoms with Crippen LogP contribution in [-0.2, 0) is 11.3 Å². The molecule has 0 atom stereocenters. The van der Waals surface area contributed by atoms with Crippen LogP contribution in [0.15, 0.2) is 70.1 Å². The molecule has 9 nitrogen and oxygen atoms in total. The van der Waals surface area contributed by atoms with Crippen LogP contribution in [0.4, 0.5) is 10.1 Å². The maximum atomic E-state index is 13.7. The van der Waals surface area contributed by atoms with Gasteiger partial charge in [-0.05, 0) is 55.8 Å². The first-order valence-electron chi connectivity index (χ1n) is 11.4. The third-order valence-electron chi connectivity index (χ3n) is 5.74. The van der Waals surface area contributed by atoms with Gasteiger partial charge in [0.1, 0.15) is 29.3 Å². The molecule has 5 aromatic rings. The van der Waals surface area contributed by atoms with Crippen molar-refractivity contribution in [2.45, 2.75) is 20.4 Å². The zero-order valence-electron chi connectivity index (χ0n) is 20.3. The number of aryl methyl sites for hydroxylation is 2. The Kier molecular flexibility index (Phi) is 6.22. The van der Waals surface area contributed by atoms with Crippen molar-refractivity contribution in [2.24, 2.45) is 0 Å². The fourth-order valence-electron chi connectivity index (χ4n) is 3.97. The van der Waals surface area contributed by atoms with Crippen molar-refractivity contribution in [3.63, 3.8) is 0 Å². The van der Waals surface area contributed by atoms with Gasteiger partial charge >= 0.3 is 0 Å². The third-order valence-corrected chi connectivity index (χ3v) is 5.74. The molecule has 0 aliphatic rings. The molecule has 186 valence electrons. The van der Waals surface area contributed by atoms with Gasteiger partial charge in [0.05, 0.1) is 18.2 Å². The minimum absolute atomic E-state index is 0.0544. The molecule has 2 aromatic carbocycles. The number of aromatic nitrogens is 4. The molecular weight excluding hydrogens is 477 g/mol. The number of anilines is 1. The lowest BCUT2D eigenvalue weighted by atomic mass is 10.1. The minimum Gasteiger partial charge on any atom is -0.495 e. The standard InChI is InChI=1S/C27H22FN5O4/c1-15-7-10-22(36-3)21(11-15)30-23(34)14-33-13-20(24(35)19-9-8-16(2)29-26(19)33)27-31-25(32-37-27)17-5-4-6-18(28)12-17/h4-13H,14H2,1-3H3,(H,30,34). The molecule has 5 rings (SSSR count). The van der Waals surface area contributed by atoms with Crippen LogP contribution in [0.1, 0.15) is 11.3 Å². The van der Waals surface area contributed by atoms with Gasteiger partial charge in [0.15, 0.2) is 0 Å². The Hall–Kier alpha value is -4.86. The number of methoxy groups -OCH3 is 1. The van der Waals surface area contributed by atoms with Crippen LogP contribution in [-0.4, -0.2) is 32.7 Å². The number of pyridine rings is 2. The molecule has 0 bridgehead atoms. The monoisotopic (exact) mass is 499 g/mol. The van der Waals surface area contributed by atoms with Crippen LogP contribution < -0.4 is 15.5 Å². The summed E-state index contributed by atoms with van der Waals surface area (Å²) in [7, 11) is 1.52. The van der Waals surface area contributed by atoms with Crippen molar-refractivity contribution in [2.75, 3.05) is 12.4 Å². The number of nitrogens with zero attached hydrogens (tertiary/aromatic N) is 4. The van der Waals surface area contributed by atoms with Gasteiger partial charge in [-0.3, -0.25) is 9.59 Å². The number of fused-ring (bicyclic) bond motifs is 1. The van der Waals surface area contributed by atoms with Crippen molar-refractivity contribution in [1.29, 1.82) is 0 Å². The molecule has 1 amide bonds. The number of hydrogen-bond acceptors (Lipinski definition) is 7. The first-order chi connectivity index (χ1) is 17.8. The molecular formula is C27H22FN5O4. The maximum Gasteiger partial charge on any atom is 0.263 e. The lowest BCUT2D eigenvalue weighted by Gasteiger charge is -2.14. The van der Waals surface area contributed by atoms with E-state index < -0.39 is 5.82 Å². The number of rotatable bonds is 6. The zero-order valence-corrected chi connectivity index (χ0v) is 20.3. The Labute approximate surface area is 210 Å². The van der Waals surface area contributed by atoms with Crippen LogP contribution in [0.2, 0.25) is 0 Å². The maximum absolute atomic E-state index is 13.7. The Bertz CT molecular complexity index is 1710. The summed E-state index contributed by atoms with van der Waals surface area (Å²) in [6.07, 6.45) is 1.47. The summed E-state index contributed by atoms with van der Waals surface area (Å²) in [5.41, 5.74) is 2.61. The van der Waals surface area contributed by atoms with Gasteiger partial charge in [0, 0.05) is 17.5 Å². The molecule has 0 radical (unpaired) electrons. The van der Waals surface area contributed by atoms with E-state index in [1.165, 1.54) is 31.5 Å². The normalized spacial score (nSPS) is 11.0. The number of ether oxygens (including phenoxy) is 1.